The number of nitrogens with zero attached hydrogens (tertiary/aromatic N) is 1. The van der Waals surface area contributed by atoms with Gasteiger partial charge in [-0.2, -0.15) is 0 Å². The Morgan fingerprint density at radius 3 is 2.42 bits per heavy atom. The molecule has 0 aliphatic heterocycles. The monoisotopic (exact) mass is 349 g/mol. The summed E-state index contributed by atoms with van der Waals surface area (Å²) in [5.74, 6) is -2.96. The molecule has 0 aliphatic carbocycles. The SMILES string of the molecule is O=C(O)c1c(OC(F)(F)F)cnc(C(F)F)c1CBr. The highest BCUT2D eigenvalue weighted by Crippen LogP contribution is 2.33. The van der Waals surface area contributed by atoms with Crippen LogP contribution in [-0.4, -0.2) is 22.4 Å². The molecule has 0 fully saturated rings. The first-order valence-corrected chi connectivity index (χ1v) is 5.64. The summed E-state index contributed by atoms with van der Waals surface area (Å²) in [5, 5.41) is 8.43. The molecule has 106 valence electrons. The van der Waals surface area contributed by atoms with Crippen LogP contribution in [0.4, 0.5) is 22.0 Å². The van der Waals surface area contributed by atoms with Gasteiger partial charge in [0, 0.05) is 10.9 Å². The molecule has 1 aromatic rings. The molecule has 0 saturated heterocycles. The van der Waals surface area contributed by atoms with Crippen LogP contribution in [0.1, 0.15) is 28.0 Å². The number of pyridine rings is 1. The molecule has 1 aromatic heterocycles. The Hall–Kier alpha value is -1.45. The first-order chi connectivity index (χ1) is 8.67. The Morgan fingerprint density at radius 2 is 2.05 bits per heavy atom. The number of ether oxygens (including phenoxy) is 1. The lowest BCUT2D eigenvalue weighted by Crippen LogP contribution is -2.20. The number of halogens is 6. The second-order valence-electron chi connectivity index (χ2n) is 3.15. The van der Waals surface area contributed by atoms with Crippen LogP contribution in [0.15, 0.2) is 6.20 Å². The van der Waals surface area contributed by atoms with E-state index in [1.165, 1.54) is 0 Å². The van der Waals surface area contributed by atoms with Crippen molar-refractivity contribution in [3.05, 3.63) is 23.0 Å². The van der Waals surface area contributed by atoms with E-state index in [9.17, 15) is 26.7 Å². The van der Waals surface area contributed by atoms with Crippen molar-refractivity contribution in [2.45, 2.75) is 18.1 Å². The molecule has 0 saturated carbocycles. The molecule has 0 bridgehead atoms. The number of carboxylic acids is 1. The predicted octanol–water partition coefficient (Wildman–Crippen LogP) is 3.51. The van der Waals surface area contributed by atoms with E-state index in [1.807, 2.05) is 0 Å². The highest BCUT2D eigenvalue weighted by molar-refractivity contribution is 9.08. The van der Waals surface area contributed by atoms with E-state index in [0.717, 1.165) is 0 Å². The fourth-order valence-electron chi connectivity index (χ4n) is 1.31. The van der Waals surface area contributed by atoms with Crippen LogP contribution in [0.3, 0.4) is 0 Å². The maximum absolute atomic E-state index is 12.6. The zero-order chi connectivity index (χ0) is 14.8. The minimum Gasteiger partial charge on any atom is -0.478 e. The molecule has 4 nitrogen and oxygen atoms in total. The van der Waals surface area contributed by atoms with E-state index in [0.29, 0.717) is 6.20 Å². The molecule has 1 N–H and O–H groups in total. The Morgan fingerprint density at radius 1 is 1.47 bits per heavy atom. The summed E-state index contributed by atoms with van der Waals surface area (Å²) in [6.07, 6.45) is -7.96. The predicted molar refractivity (Wildman–Crippen MR) is 55.5 cm³/mol. The van der Waals surface area contributed by atoms with Crippen LogP contribution in [0, 0.1) is 0 Å². The van der Waals surface area contributed by atoms with Crippen LogP contribution in [-0.2, 0) is 5.33 Å². The third-order valence-corrected chi connectivity index (χ3v) is 2.52. The maximum atomic E-state index is 12.6. The smallest absolute Gasteiger partial charge is 0.478 e. The van der Waals surface area contributed by atoms with Gasteiger partial charge in [-0.25, -0.2) is 13.6 Å². The van der Waals surface area contributed by atoms with Crippen LogP contribution in [0.2, 0.25) is 0 Å². The number of carbonyl (C=O) groups is 1. The molecule has 0 aromatic carbocycles. The zero-order valence-corrected chi connectivity index (χ0v) is 10.4. The van der Waals surface area contributed by atoms with Gasteiger partial charge in [-0.05, 0) is 0 Å². The number of aromatic carboxylic acids is 1. The molecule has 0 atom stereocenters. The lowest BCUT2D eigenvalue weighted by atomic mass is 10.1. The first kappa shape index (κ1) is 15.6. The number of carboxylic acid groups (broad SMARTS) is 1. The zero-order valence-electron chi connectivity index (χ0n) is 8.84. The molecule has 0 aliphatic rings. The van der Waals surface area contributed by atoms with E-state index in [4.69, 9.17) is 5.11 Å². The number of alkyl halides is 6. The molecule has 0 amide bonds. The molecular weight excluding hydrogens is 345 g/mol. The number of aromatic nitrogens is 1. The van der Waals surface area contributed by atoms with Gasteiger partial charge in [-0.1, -0.05) is 15.9 Å². The van der Waals surface area contributed by atoms with Gasteiger partial charge >= 0.3 is 12.3 Å². The summed E-state index contributed by atoms with van der Waals surface area (Å²) < 4.78 is 64.9. The fourth-order valence-corrected chi connectivity index (χ4v) is 1.87. The van der Waals surface area contributed by atoms with Crippen molar-refractivity contribution in [1.29, 1.82) is 0 Å². The van der Waals surface area contributed by atoms with E-state index in [2.05, 4.69) is 25.7 Å². The standard InChI is InChI=1S/C9H5BrF5NO3/c10-1-3-5(8(17)18)4(19-9(13,14)15)2-16-6(3)7(11)12/h2,7H,1H2,(H,17,18). The maximum Gasteiger partial charge on any atom is 0.573 e. The largest absolute Gasteiger partial charge is 0.573 e. The minimum atomic E-state index is -5.15. The quantitative estimate of drug-likeness (QED) is 0.667. The van der Waals surface area contributed by atoms with Crippen LogP contribution < -0.4 is 4.74 Å². The Bertz CT molecular complexity index is 491. The van der Waals surface area contributed by atoms with Crippen molar-refractivity contribution in [2.75, 3.05) is 0 Å². The summed E-state index contributed by atoms with van der Waals surface area (Å²) in [4.78, 5) is 14.0. The van der Waals surface area contributed by atoms with E-state index in [-0.39, 0.29) is 0 Å². The third kappa shape index (κ3) is 3.75. The number of hydrogen-bond donors (Lipinski definition) is 1. The van der Waals surface area contributed by atoms with Crippen LogP contribution in [0.25, 0.3) is 0 Å². The highest BCUT2D eigenvalue weighted by Gasteiger charge is 2.35. The second-order valence-corrected chi connectivity index (χ2v) is 3.71. The second kappa shape index (κ2) is 5.68. The Labute approximate surface area is 111 Å². The summed E-state index contributed by atoms with van der Waals surface area (Å²) in [6.45, 7) is 0. The van der Waals surface area contributed by atoms with E-state index < -0.39 is 46.7 Å². The molecule has 0 radical (unpaired) electrons. The molecule has 19 heavy (non-hydrogen) atoms. The molecule has 0 unspecified atom stereocenters. The van der Waals surface area contributed by atoms with E-state index in [1.54, 1.807) is 0 Å². The summed E-state index contributed by atoms with van der Waals surface area (Å²) in [6, 6.07) is 0. The average molecular weight is 350 g/mol. The Balaban J connectivity index is 3.46. The average Bonchev–Trinajstić information content (AvgIpc) is 2.25. The van der Waals surface area contributed by atoms with E-state index >= 15 is 0 Å². The van der Waals surface area contributed by atoms with Gasteiger partial charge in [0.25, 0.3) is 6.43 Å². The van der Waals surface area contributed by atoms with Gasteiger partial charge < -0.3 is 9.84 Å². The van der Waals surface area contributed by atoms with Gasteiger partial charge in [-0.3, -0.25) is 4.98 Å². The van der Waals surface area contributed by atoms with Crippen molar-refractivity contribution >= 4 is 21.9 Å². The van der Waals surface area contributed by atoms with Gasteiger partial charge in [-0.15, -0.1) is 13.2 Å². The van der Waals surface area contributed by atoms with Gasteiger partial charge in [0.15, 0.2) is 5.75 Å². The number of hydrogen-bond acceptors (Lipinski definition) is 3. The summed E-state index contributed by atoms with van der Waals surface area (Å²) in [7, 11) is 0. The lowest BCUT2D eigenvalue weighted by Gasteiger charge is -2.15. The fraction of sp³-hybridized carbons (Fsp3) is 0.333. The highest BCUT2D eigenvalue weighted by atomic mass is 79.9. The first-order valence-electron chi connectivity index (χ1n) is 4.52. The third-order valence-electron chi connectivity index (χ3n) is 1.96. The van der Waals surface area contributed by atoms with Gasteiger partial charge in [0.05, 0.1) is 6.20 Å². The van der Waals surface area contributed by atoms with Crippen LogP contribution >= 0.6 is 15.9 Å². The number of rotatable bonds is 4. The van der Waals surface area contributed by atoms with Crippen molar-refractivity contribution in [3.8, 4) is 5.75 Å². The van der Waals surface area contributed by atoms with Crippen LogP contribution in [0.5, 0.6) is 5.75 Å². The van der Waals surface area contributed by atoms with Gasteiger partial charge in [0.2, 0.25) is 0 Å². The van der Waals surface area contributed by atoms with Gasteiger partial charge in [0.1, 0.15) is 11.3 Å². The molecule has 10 heteroatoms. The Kier molecular flexibility index (Phi) is 4.66. The van der Waals surface area contributed by atoms with Crippen molar-refractivity contribution in [1.82, 2.24) is 4.98 Å². The van der Waals surface area contributed by atoms with Crippen molar-refractivity contribution in [3.63, 3.8) is 0 Å². The summed E-state index contributed by atoms with van der Waals surface area (Å²) >= 11 is 2.74. The van der Waals surface area contributed by atoms with Crippen molar-refractivity contribution in [2.24, 2.45) is 0 Å². The molecular formula is C9H5BrF5NO3. The molecule has 0 spiro atoms. The minimum absolute atomic E-state index is 0.310. The topological polar surface area (TPSA) is 59.4 Å². The molecule has 1 rings (SSSR count). The van der Waals surface area contributed by atoms with Crippen molar-refractivity contribution < 1.29 is 36.6 Å². The normalized spacial score (nSPS) is 11.7. The molecule has 1 heterocycles. The summed E-state index contributed by atoms with van der Waals surface area (Å²) in [5.41, 5.74) is -2.48. The lowest BCUT2D eigenvalue weighted by molar-refractivity contribution is -0.274.